The van der Waals surface area contributed by atoms with Crippen molar-refractivity contribution in [3.63, 3.8) is 0 Å². The molecular formula is C16H24N2O2. The van der Waals surface area contributed by atoms with Crippen molar-refractivity contribution in [1.82, 2.24) is 10.6 Å². The molecule has 0 saturated heterocycles. The summed E-state index contributed by atoms with van der Waals surface area (Å²) >= 11 is 0. The van der Waals surface area contributed by atoms with Crippen molar-refractivity contribution in [1.29, 1.82) is 0 Å². The van der Waals surface area contributed by atoms with E-state index in [2.05, 4.69) is 24.5 Å². The van der Waals surface area contributed by atoms with E-state index in [1.807, 2.05) is 24.3 Å². The first-order valence-corrected chi connectivity index (χ1v) is 7.25. The van der Waals surface area contributed by atoms with Gasteiger partial charge in [0.1, 0.15) is 11.5 Å². The Labute approximate surface area is 120 Å². The maximum absolute atomic E-state index is 5.34. The fraction of sp³-hybridized carbons (Fsp3) is 0.500. The van der Waals surface area contributed by atoms with Gasteiger partial charge in [0.15, 0.2) is 0 Å². The second-order valence-electron chi connectivity index (χ2n) is 5.28. The van der Waals surface area contributed by atoms with Crippen LogP contribution in [0.2, 0.25) is 0 Å². The standard InChI is InChI=1S/C16H24N2O2/c1-13(11-15-5-3-9-19-15)17-7-8-18-14(2)12-16-6-4-10-20-16/h3-6,9-10,13-14,17-18H,7-8,11-12H2,1-2H3/t13-,14+. The van der Waals surface area contributed by atoms with Crippen molar-refractivity contribution in [2.45, 2.75) is 38.8 Å². The Balaban J connectivity index is 1.54. The predicted octanol–water partition coefficient (Wildman–Crippen LogP) is 2.61. The van der Waals surface area contributed by atoms with Gasteiger partial charge < -0.3 is 19.5 Å². The second kappa shape index (κ2) is 7.92. The topological polar surface area (TPSA) is 50.3 Å². The van der Waals surface area contributed by atoms with Crippen molar-refractivity contribution in [3.05, 3.63) is 48.3 Å². The third-order valence-corrected chi connectivity index (χ3v) is 3.29. The summed E-state index contributed by atoms with van der Waals surface area (Å²) in [5.74, 6) is 2.06. The molecule has 0 fully saturated rings. The lowest BCUT2D eigenvalue weighted by Gasteiger charge is -2.15. The zero-order valence-corrected chi connectivity index (χ0v) is 12.3. The molecule has 2 rings (SSSR count). The average molecular weight is 276 g/mol. The van der Waals surface area contributed by atoms with Crippen LogP contribution in [0.5, 0.6) is 0 Å². The van der Waals surface area contributed by atoms with E-state index in [0.29, 0.717) is 12.1 Å². The summed E-state index contributed by atoms with van der Waals surface area (Å²) in [5.41, 5.74) is 0. The van der Waals surface area contributed by atoms with Crippen LogP contribution in [0.1, 0.15) is 25.4 Å². The third kappa shape index (κ3) is 5.23. The SMILES string of the molecule is C[C@H](Cc1ccco1)NCCN[C@@H](C)Cc1ccco1. The van der Waals surface area contributed by atoms with Crippen LogP contribution in [0, 0.1) is 0 Å². The van der Waals surface area contributed by atoms with Crippen LogP contribution in [0.15, 0.2) is 45.6 Å². The molecule has 0 amide bonds. The van der Waals surface area contributed by atoms with E-state index < -0.39 is 0 Å². The van der Waals surface area contributed by atoms with Crippen molar-refractivity contribution in [2.75, 3.05) is 13.1 Å². The van der Waals surface area contributed by atoms with Crippen LogP contribution < -0.4 is 10.6 Å². The lowest BCUT2D eigenvalue weighted by atomic mass is 10.2. The summed E-state index contributed by atoms with van der Waals surface area (Å²) in [7, 11) is 0. The molecule has 2 heterocycles. The maximum atomic E-state index is 5.34. The zero-order valence-electron chi connectivity index (χ0n) is 12.3. The molecule has 2 aromatic rings. The molecule has 2 atom stereocenters. The smallest absolute Gasteiger partial charge is 0.105 e. The van der Waals surface area contributed by atoms with Crippen LogP contribution in [-0.4, -0.2) is 25.2 Å². The molecule has 0 bridgehead atoms. The first-order valence-electron chi connectivity index (χ1n) is 7.25. The minimum absolute atomic E-state index is 0.420. The summed E-state index contributed by atoms with van der Waals surface area (Å²) in [6.07, 6.45) is 5.30. The fourth-order valence-corrected chi connectivity index (χ4v) is 2.24. The molecule has 0 unspecified atom stereocenters. The zero-order chi connectivity index (χ0) is 14.2. The Morgan fingerprint density at radius 2 is 1.30 bits per heavy atom. The second-order valence-corrected chi connectivity index (χ2v) is 5.28. The largest absolute Gasteiger partial charge is 0.469 e. The van der Waals surface area contributed by atoms with E-state index >= 15 is 0 Å². The number of rotatable bonds is 9. The molecule has 0 aliphatic carbocycles. The van der Waals surface area contributed by atoms with E-state index in [-0.39, 0.29) is 0 Å². The molecule has 4 nitrogen and oxygen atoms in total. The fourth-order valence-electron chi connectivity index (χ4n) is 2.24. The van der Waals surface area contributed by atoms with E-state index in [9.17, 15) is 0 Å². The van der Waals surface area contributed by atoms with Gasteiger partial charge in [0, 0.05) is 38.0 Å². The van der Waals surface area contributed by atoms with Gasteiger partial charge in [-0.15, -0.1) is 0 Å². The number of furan rings is 2. The van der Waals surface area contributed by atoms with Gasteiger partial charge in [0.2, 0.25) is 0 Å². The third-order valence-electron chi connectivity index (χ3n) is 3.29. The molecule has 0 aliphatic heterocycles. The van der Waals surface area contributed by atoms with Gasteiger partial charge in [0.05, 0.1) is 12.5 Å². The Kier molecular flexibility index (Phi) is 5.89. The number of hydrogen-bond donors (Lipinski definition) is 2. The Morgan fingerprint density at radius 3 is 1.65 bits per heavy atom. The molecule has 0 aromatic carbocycles. The molecule has 0 saturated carbocycles. The number of hydrogen-bond acceptors (Lipinski definition) is 4. The Morgan fingerprint density at radius 1 is 0.850 bits per heavy atom. The molecule has 4 heteroatoms. The van der Waals surface area contributed by atoms with Gasteiger partial charge in [0.25, 0.3) is 0 Å². The van der Waals surface area contributed by atoms with Gasteiger partial charge >= 0.3 is 0 Å². The molecule has 0 radical (unpaired) electrons. The highest BCUT2D eigenvalue weighted by Gasteiger charge is 2.06. The molecule has 2 aromatic heterocycles. The first-order chi connectivity index (χ1) is 9.74. The average Bonchev–Trinajstić information content (AvgIpc) is 3.08. The molecular weight excluding hydrogens is 252 g/mol. The summed E-state index contributed by atoms with van der Waals surface area (Å²) in [6.45, 7) is 6.25. The van der Waals surface area contributed by atoms with Crippen LogP contribution in [0.3, 0.4) is 0 Å². The molecule has 2 N–H and O–H groups in total. The van der Waals surface area contributed by atoms with Crippen LogP contribution >= 0.6 is 0 Å². The van der Waals surface area contributed by atoms with Crippen LogP contribution in [0.4, 0.5) is 0 Å². The van der Waals surface area contributed by atoms with Crippen molar-refractivity contribution < 1.29 is 8.83 Å². The van der Waals surface area contributed by atoms with Crippen LogP contribution in [-0.2, 0) is 12.8 Å². The predicted molar refractivity (Wildman–Crippen MR) is 79.8 cm³/mol. The lowest BCUT2D eigenvalue weighted by molar-refractivity contribution is 0.433. The normalized spacial score (nSPS) is 14.3. The van der Waals surface area contributed by atoms with Crippen molar-refractivity contribution >= 4 is 0 Å². The quantitative estimate of drug-likeness (QED) is 0.691. The van der Waals surface area contributed by atoms with Gasteiger partial charge in [-0.3, -0.25) is 0 Å². The highest BCUT2D eigenvalue weighted by Crippen LogP contribution is 2.04. The van der Waals surface area contributed by atoms with Gasteiger partial charge in [-0.2, -0.15) is 0 Å². The molecule has 0 aliphatic rings. The minimum atomic E-state index is 0.420. The lowest BCUT2D eigenvalue weighted by Crippen LogP contribution is -2.38. The van der Waals surface area contributed by atoms with Crippen molar-refractivity contribution in [2.24, 2.45) is 0 Å². The van der Waals surface area contributed by atoms with E-state index in [0.717, 1.165) is 37.5 Å². The highest BCUT2D eigenvalue weighted by atomic mass is 16.3. The summed E-state index contributed by atoms with van der Waals surface area (Å²) < 4.78 is 10.7. The van der Waals surface area contributed by atoms with Gasteiger partial charge in [-0.05, 0) is 38.1 Å². The first kappa shape index (κ1) is 14.9. The highest BCUT2D eigenvalue weighted by molar-refractivity contribution is 5.00. The van der Waals surface area contributed by atoms with Gasteiger partial charge in [-0.1, -0.05) is 0 Å². The molecule has 20 heavy (non-hydrogen) atoms. The van der Waals surface area contributed by atoms with Crippen LogP contribution in [0.25, 0.3) is 0 Å². The van der Waals surface area contributed by atoms with E-state index in [4.69, 9.17) is 8.83 Å². The minimum Gasteiger partial charge on any atom is -0.469 e. The molecule has 0 spiro atoms. The monoisotopic (exact) mass is 276 g/mol. The summed E-state index contributed by atoms with van der Waals surface area (Å²) in [6, 6.07) is 8.73. The van der Waals surface area contributed by atoms with Crippen molar-refractivity contribution in [3.8, 4) is 0 Å². The Bertz CT molecular complexity index is 407. The van der Waals surface area contributed by atoms with E-state index in [1.165, 1.54) is 0 Å². The maximum Gasteiger partial charge on any atom is 0.105 e. The number of nitrogens with one attached hydrogen (secondary N) is 2. The summed E-state index contributed by atoms with van der Waals surface area (Å²) in [4.78, 5) is 0. The van der Waals surface area contributed by atoms with E-state index in [1.54, 1.807) is 12.5 Å². The summed E-state index contributed by atoms with van der Waals surface area (Å²) in [5, 5.41) is 6.98. The van der Waals surface area contributed by atoms with Gasteiger partial charge in [-0.25, -0.2) is 0 Å². The Hall–Kier alpha value is -1.52. The molecule has 110 valence electrons.